The number of rotatable bonds is 17. The molecule has 1 aromatic heterocycles. The zero-order valence-electron chi connectivity index (χ0n) is 32.7. The Bertz CT molecular complexity index is 1930. The normalized spacial score (nSPS) is 13.0. The summed E-state index contributed by atoms with van der Waals surface area (Å²) in [5.41, 5.74) is 6.73. The van der Waals surface area contributed by atoms with Crippen LogP contribution in [0.25, 0.3) is 17.2 Å². The number of hydrogen-bond donors (Lipinski definition) is 1. The third-order valence-corrected chi connectivity index (χ3v) is 10.2. The standard InChI is InChI=1S/C41H52N4O4S.C2H2O4/c1-5-7-22-48-23-24-49-38-15-10-32(11-16-38)33-12-19-40-35(25-33)26-34(9-8-21-44(40)28-31(3)4)41(46)43-36-13-17-39(18-14-36)50(47)29-37-27-42-30-45(37)20-6-2;3-1(4)2(5)6/h10-19,25-27,30-31H,5-9,20-24,28-29H2,1-4H3,(H,43,46);(H,3,4)(H,5,6)/p-2. The number of unbranched alkanes of at least 4 members (excludes halogenated alkanes) is 1. The highest BCUT2D eigenvalue weighted by Crippen LogP contribution is 2.33. The monoisotopic (exact) mass is 784 g/mol. The summed E-state index contributed by atoms with van der Waals surface area (Å²) in [6, 6.07) is 22.1. The number of aliphatic carboxylic acids is 2. The fourth-order valence-corrected chi connectivity index (χ4v) is 7.24. The van der Waals surface area contributed by atoms with E-state index in [1.54, 1.807) is 12.5 Å². The lowest BCUT2D eigenvalue weighted by Gasteiger charge is -2.30. The number of nitrogens with one attached hydrogen (secondary N) is 1. The number of anilines is 2. The quantitative estimate of drug-likeness (QED) is 0.111. The van der Waals surface area contributed by atoms with Gasteiger partial charge in [-0.05, 0) is 103 Å². The Hall–Kier alpha value is -5.27. The van der Waals surface area contributed by atoms with Crippen LogP contribution in [-0.2, 0) is 42.2 Å². The Morgan fingerprint density at radius 2 is 1.62 bits per heavy atom. The molecule has 13 heteroatoms. The number of aryl methyl sites for hydroxylation is 1. The lowest BCUT2D eigenvalue weighted by Crippen LogP contribution is -2.42. The molecule has 12 nitrogen and oxygen atoms in total. The van der Waals surface area contributed by atoms with E-state index < -0.39 is 22.7 Å². The number of ether oxygens (including phenoxy) is 2. The summed E-state index contributed by atoms with van der Waals surface area (Å²) in [6.45, 7) is 13.3. The number of carbonyl (C=O) groups excluding carboxylic acids is 3. The number of hydrogen-bond acceptors (Lipinski definition) is 10. The van der Waals surface area contributed by atoms with Crippen LogP contribution in [0.5, 0.6) is 5.75 Å². The summed E-state index contributed by atoms with van der Waals surface area (Å²) in [6.07, 6.45) is 10.4. The number of benzene rings is 3. The molecule has 4 aromatic rings. The van der Waals surface area contributed by atoms with Crippen molar-refractivity contribution >= 4 is 46.1 Å². The van der Waals surface area contributed by atoms with E-state index in [0.29, 0.717) is 37.0 Å². The first kappa shape index (κ1) is 43.5. The summed E-state index contributed by atoms with van der Waals surface area (Å²) in [4.78, 5) is 38.9. The van der Waals surface area contributed by atoms with E-state index >= 15 is 0 Å². The second-order valence-electron chi connectivity index (χ2n) is 13.8. The first-order chi connectivity index (χ1) is 27.0. The smallest absolute Gasteiger partial charge is 0.251 e. The summed E-state index contributed by atoms with van der Waals surface area (Å²) < 4.78 is 26.7. The van der Waals surface area contributed by atoms with Gasteiger partial charge in [0.25, 0.3) is 5.91 Å². The first-order valence-corrected chi connectivity index (χ1v) is 20.4. The van der Waals surface area contributed by atoms with Gasteiger partial charge in [0, 0.05) is 54.3 Å². The third-order valence-electron chi connectivity index (χ3n) is 8.86. The van der Waals surface area contributed by atoms with Gasteiger partial charge in [-0.15, -0.1) is 0 Å². The Balaban J connectivity index is 0.00000107. The molecule has 0 saturated heterocycles. The molecular formula is C43H52N4O8S-2. The Labute approximate surface area is 332 Å². The Morgan fingerprint density at radius 1 is 0.911 bits per heavy atom. The zero-order valence-corrected chi connectivity index (χ0v) is 33.5. The minimum atomic E-state index is -2.19. The maximum atomic E-state index is 13.7. The molecule has 0 bridgehead atoms. The average molecular weight is 785 g/mol. The van der Waals surface area contributed by atoms with Gasteiger partial charge < -0.3 is 44.1 Å². The number of imidazole rings is 1. The highest BCUT2D eigenvalue weighted by Gasteiger charge is 2.20. The number of carboxylic acids is 2. The van der Waals surface area contributed by atoms with Crippen molar-refractivity contribution in [1.29, 1.82) is 0 Å². The molecule has 2 heterocycles. The van der Waals surface area contributed by atoms with Crippen molar-refractivity contribution in [2.45, 2.75) is 77.0 Å². The van der Waals surface area contributed by atoms with Crippen molar-refractivity contribution in [3.63, 3.8) is 0 Å². The number of carboxylic acid groups (broad SMARTS) is 2. The van der Waals surface area contributed by atoms with Crippen molar-refractivity contribution < 1.29 is 38.3 Å². The van der Waals surface area contributed by atoms with Crippen molar-refractivity contribution in [2.75, 3.05) is 43.1 Å². The number of fused-ring (bicyclic) bond motifs is 1. The molecule has 1 atom stereocenters. The molecule has 56 heavy (non-hydrogen) atoms. The van der Waals surface area contributed by atoms with Gasteiger partial charge in [0.05, 0.1) is 47.1 Å². The van der Waals surface area contributed by atoms with Crippen LogP contribution in [0.4, 0.5) is 11.4 Å². The van der Waals surface area contributed by atoms with Crippen LogP contribution in [0.3, 0.4) is 0 Å². The van der Waals surface area contributed by atoms with E-state index in [4.69, 9.17) is 29.3 Å². The highest BCUT2D eigenvalue weighted by molar-refractivity contribution is 7.84. The molecule has 1 N–H and O–H groups in total. The second kappa shape index (κ2) is 22.3. The van der Waals surface area contributed by atoms with Crippen LogP contribution in [0.2, 0.25) is 0 Å². The minimum Gasteiger partial charge on any atom is -0.543 e. The molecule has 5 rings (SSSR count). The van der Waals surface area contributed by atoms with Crippen LogP contribution in [0.15, 0.2) is 89.7 Å². The van der Waals surface area contributed by atoms with Crippen LogP contribution >= 0.6 is 0 Å². The average Bonchev–Trinajstić information content (AvgIpc) is 3.61. The number of aromatic nitrogens is 2. The van der Waals surface area contributed by atoms with Gasteiger partial charge in [-0.2, -0.15) is 0 Å². The molecule has 300 valence electrons. The molecular weight excluding hydrogens is 733 g/mol. The van der Waals surface area contributed by atoms with Gasteiger partial charge in [-0.25, -0.2) is 4.98 Å². The van der Waals surface area contributed by atoms with E-state index in [2.05, 4.69) is 83.9 Å². The fourth-order valence-electron chi connectivity index (χ4n) is 6.13. The van der Waals surface area contributed by atoms with Gasteiger partial charge in [-0.3, -0.25) is 9.00 Å². The lowest BCUT2D eigenvalue weighted by molar-refractivity contribution is -0.345. The topological polar surface area (TPSA) is 166 Å². The summed E-state index contributed by atoms with van der Waals surface area (Å²) in [7, 11) is -1.21. The lowest BCUT2D eigenvalue weighted by atomic mass is 9.96. The SMILES string of the molecule is CCCCOCCOc1ccc(-c2ccc3c(c2)C=C(C(=O)Nc2ccc(S(=O)Cc4cncn4CCC)cc2)CCCN3CC(C)C)cc1.O=C([O-])C(=O)[O-]. The maximum Gasteiger partial charge on any atom is 0.251 e. The number of nitrogens with zero attached hydrogens (tertiary/aromatic N) is 3. The first-order valence-electron chi connectivity index (χ1n) is 19.1. The van der Waals surface area contributed by atoms with Gasteiger partial charge in [0.15, 0.2) is 0 Å². The van der Waals surface area contributed by atoms with Crippen LogP contribution in [0.1, 0.15) is 71.1 Å². The van der Waals surface area contributed by atoms with Crippen molar-refractivity contribution in [1.82, 2.24) is 9.55 Å². The van der Waals surface area contributed by atoms with E-state index in [9.17, 15) is 9.00 Å². The minimum absolute atomic E-state index is 0.115. The number of amides is 1. The van der Waals surface area contributed by atoms with E-state index in [0.717, 1.165) is 96.2 Å². The van der Waals surface area contributed by atoms with Gasteiger partial charge in [0.1, 0.15) is 12.4 Å². The maximum absolute atomic E-state index is 13.7. The largest absolute Gasteiger partial charge is 0.543 e. The number of carbonyl (C=O) groups is 3. The van der Waals surface area contributed by atoms with E-state index in [1.165, 1.54) is 0 Å². The summed E-state index contributed by atoms with van der Waals surface area (Å²) in [5.74, 6) is -2.75. The van der Waals surface area contributed by atoms with E-state index in [-0.39, 0.29) is 5.91 Å². The van der Waals surface area contributed by atoms with Crippen LogP contribution < -0.4 is 25.2 Å². The van der Waals surface area contributed by atoms with Crippen molar-refractivity contribution in [3.8, 4) is 16.9 Å². The van der Waals surface area contributed by atoms with Gasteiger partial charge in [0.2, 0.25) is 0 Å². The second-order valence-corrected chi connectivity index (χ2v) is 15.3. The highest BCUT2D eigenvalue weighted by atomic mass is 32.2. The predicted molar refractivity (Wildman–Crippen MR) is 215 cm³/mol. The third kappa shape index (κ3) is 13.5. The van der Waals surface area contributed by atoms with Crippen LogP contribution in [-0.4, -0.2) is 64.5 Å². The summed E-state index contributed by atoms with van der Waals surface area (Å²) >= 11 is 0. The molecule has 0 radical (unpaired) electrons. The van der Waals surface area contributed by atoms with Crippen LogP contribution in [0, 0.1) is 5.92 Å². The van der Waals surface area contributed by atoms with Crippen molar-refractivity contribution in [3.05, 3.63) is 96.1 Å². The predicted octanol–water partition coefficient (Wildman–Crippen LogP) is 5.23. The molecule has 0 fully saturated rings. The molecule has 1 unspecified atom stereocenters. The molecule has 0 saturated carbocycles. The Kier molecular flexibility index (Phi) is 17.3. The van der Waals surface area contributed by atoms with E-state index in [1.807, 2.05) is 36.4 Å². The molecule has 1 aliphatic rings. The molecule has 1 aliphatic heterocycles. The molecule has 1 amide bonds. The fraction of sp³-hybridized carbons (Fsp3) is 0.395. The van der Waals surface area contributed by atoms with Gasteiger partial charge in [-0.1, -0.05) is 52.3 Å². The summed E-state index contributed by atoms with van der Waals surface area (Å²) in [5, 5.41) is 21.0. The van der Waals surface area contributed by atoms with Crippen molar-refractivity contribution in [2.24, 2.45) is 5.92 Å². The molecule has 3 aromatic carbocycles. The molecule has 0 aliphatic carbocycles. The van der Waals surface area contributed by atoms with Gasteiger partial charge >= 0.3 is 0 Å². The molecule has 0 spiro atoms. The zero-order chi connectivity index (χ0) is 40.5. The Morgan fingerprint density at radius 3 is 2.29 bits per heavy atom.